The zero-order valence-electron chi connectivity index (χ0n) is 9.83. The summed E-state index contributed by atoms with van der Waals surface area (Å²) in [5.74, 6) is -5.04. The minimum absolute atomic E-state index is 0.275. The molecule has 1 N–H and O–H groups in total. The van der Waals surface area contributed by atoms with E-state index in [1.807, 2.05) is 0 Å². The second-order valence-electron chi connectivity index (χ2n) is 4.28. The van der Waals surface area contributed by atoms with E-state index in [9.17, 15) is 21.6 Å². The van der Waals surface area contributed by atoms with Crippen LogP contribution in [0.4, 0.5) is 13.2 Å². The fourth-order valence-electron chi connectivity index (χ4n) is 1.90. The van der Waals surface area contributed by atoms with Crippen LogP contribution < -0.4 is 4.89 Å². The van der Waals surface area contributed by atoms with Crippen molar-refractivity contribution in [1.29, 1.82) is 0 Å². The predicted molar refractivity (Wildman–Crippen MR) is 60.0 cm³/mol. The molecule has 0 aromatic heterocycles. The molecule has 0 heterocycles. The normalized spacial score (nSPS) is 17.0. The highest BCUT2D eigenvalue weighted by Gasteiger charge is 2.26. The van der Waals surface area contributed by atoms with Crippen LogP contribution in [0.5, 0.6) is 0 Å². The molecule has 0 aliphatic heterocycles. The molecule has 106 valence electrons. The Balaban J connectivity index is 2.17. The molecule has 1 aromatic carbocycles. The minimum atomic E-state index is -4.37. The van der Waals surface area contributed by atoms with Gasteiger partial charge in [-0.15, -0.1) is 0 Å². The van der Waals surface area contributed by atoms with E-state index in [1.165, 1.54) is 0 Å². The van der Waals surface area contributed by atoms with Gasteiger partial charge in [0.2, 0.25) is 0 Å². The molecule has 4 nitrogen and oxygen atoms in total. The SMILES string of the molecule is O=S(=O)(NOC1CCCC1)c1ccc(F)c(F)c1F. The molecule has 0 atom stereocenters. The van der Waals surface area contributed by atoms with E-state index >= 15 is 0 Å². The number of hydrogen-bond donors (Lipinski definition) is 1. The predicted octanol–water partition coefficient (Wildman–Crippen LogP) is 2.26. The van der Waals surface area contributed by atoms with Crippen LogP contribution >= 0.6 is 0 Å². The average Bonchev–Trinajstić information content (AvgIpc) is 2.86. The Hall–Kier alpha value is -1.12. The lowest BCUT2D eigenvalue weighted by Gasteiger charge is -2.12. The molecular formula is C11H12F3NO3S. The molecular weight excluding hydrogens is 283 g/mol. The number of nitrogens with one attached hydrogen (secondary N) is 1. The van der Waals surface area contributed by atoms with E-state index in [4.69, 9.17) is 4.84 Å². The maximum Gasteiger partial charge on any atom is 0.265 e. The first-order valence-electron chi connectivity index (χ1n) is 5.73. The first kappa shape index (κ1) is 14.3. The topological polar surface area (TPSA) is 55.4 Å². The molecule has 1 aliphatic rings. The number of halogens is 3. The van der Waals surface area contributed by atoms with Crippen molar-refractivity contribution in [2.24, 2.45) is 0 Å². The lowest BCUT2D eigenvalue weighted by atomic mass is 10.3. The van der Waals surface area contributed by atoms with Gasteiger partial charge in [0.05, 0.1) is 6.10 Å². The van der Waals surface area contributed by atoms with E-state index in [0.717, 1.165) is 12.8 Å². The first-order valence-corrected chi connectivity index (χ1v) is 7.21. The third-order valence-electron chi connectivity index (χ3n) is 2.92. The number of benzene rings is 1. The Morgan fingerprint density at radius 2 is 1.74 bits per heavy atom. The Labute approximate surface area is 108 Å². The highest BCUT2D eigenvalue weighted by Crippen LogP contribution is 2.22. The highest BCUT2D eigenvalue weighted by molar-refractivity contribution is 7.89. The molecule has 0 bridgehead atoms. The number of sulfonamides is 1. The Kier molecular flexibility index (Phi) is 4.12. The van der Waals surface area contributed by atoms with E-state index in [2.05, 4.69) is 0 Å². The van der Waals surface area contributed by atoms with E-state index in [-0.39, 0.29) is 6.10 Å². The zero-order valence-corrected chi connectivity index (χ0v) is 10.6. The van der Waals surface area contributed by atoms with Crippen LogP contribution in [0, 0.1) is 17.5 Å². The van der Waals surface area contributed by atoms with Crippen molar-refractivity contribution in [1.82, 2.24) is 4.89 Å². The van der Waals surface area contributed by atoms with Gasteiger partial charge in [0.1, 0.15) is 4.90 Å². The van der Waals surface area contributed by atoms with Crippen LogP contribution in [0.1, 0.15) is 25.7 Å². The summed E-state index contributed by atoms with van der Waals surface area (Å²) in [6.45, 7) is 0. The van der Waals surface area contributed by atoms with Gasteiger partial charge in [0, 0.05) is 0 Å². The molecule has 1 saturated carbocycles. The number of hydrogen-bond acceptors (Lipinski definition) is 3. The maximum atomic E-state index is 13.4. The van der Waals surface area contributed by atoms with Crippen molar-refractivity contribution in [2.75, 3.05) is 0 Å². The fourth-order valence-corrected chi connectivity index (χ4v) is 2.82. The quantitative estimate of drug-likeness (QED) is 0.685. The largest absolute Gasteiger partial charge is 0.284 e. The van der Waals surface area contributed by atoms with Crippen LogP contribution in [0.25, 0.3) is 0 Å². The molecule has 0 spiro atoms. The molecule has 0 saturated heterocycles. The van der Waals surface area contributed by atoms with Gasteiger partial charge in [0.15, 0.2) is 17.5 Å². The summed E-state index contributed by atoms with van der Waals surface area (Å²) in [5.41, 5.74) is 0. The van der Waals surface area contributed by atoms with Gasteiger partial charge in [-0.1, -0.05) is 17.7 Å². The minimum Gasteiger partial charge on any atom is -0.284 e. The van der Waals surface area contributed by atoms with Crippen molar-refractivity contribution < 1.29 is 26.4 Å². The Morgan fingerprint density at radius 1 is 1.11 bits per heavy atom. The summed E-state index contributed by atoms with van der Waals surface area (Å²) < 4.78 is 62.5. The third kappa shape index (κ3) is 3.07. The lowest BCUT2D eigenvalue weighted by Crippen LogP contribution is -2.29. The van der Waals surface area contributed by atoms with E-state index in [0.29, 0.717) is 25.0 Å². The summed E-state index contributed by atoms with van der Waals surface area (Å²) in [5, 5.41) is 0. The van der Waals surface area contributed by atoms with E-state index in [1.54, 1.807) is 4.89 Å². The molecule has 19 heavy (non-hydrogen) atoms. The molecule has 1 aliphatic carbocycles. The smallest absolute Gasteiger partial charge is 0.265 e. The van der Waals surface area contributed by atoms with Gasteiger partial charge in [0.25, 0.3) is 10.0 Å². The molecule has 2 rings (SSSR count). The van der Waals surface area contributed by atoms with Crippen molar-refractivity contribution in [3.63, 3.8) is 0 Å². The molecule has 8 heteroatoms. The van der Waals surface area contributed by atoms with E-state index < -0.39 is 32.4 Å². The van der Waals surface area contributed by atoms with Gasteiger partial charge in [-0.2, -0.15) is 0 Å². The lowest BCUT2D eigenvalue weighted by molar-refractivity contribution is 0.0222. The third-order valence-corrected chi connectivity index (χ3v) is 4.13. The van der Waals surface area contributed by atoms with Gasteiger partial charge >= 0.3 is 0 Å². The Bertz CT molecular complexity index is 571. The molecule has 0 unspecified atom stereocenters. The number of rotatable bonds is 4. The summed E-state index contributed by atoms with van der Waals surface area (Å²) >= 11 is 0. The molecule has 1 fully saturated rings. The van der Waals surface area contributed by atoms with Crippen molar-refractivity contribution >= 4 is 10.0 Å². The van der Waals surface area contributed by atoms with Crippen LogP contribution in [0.2, 0.25) is 0 Å². The Morgan fingerprint density at radius 3 is 2.37 bits per heavy atom. The fraction of sp³-hybridized carbons (Fsp3) is 0.455. The van der Waals surface area contributed by atoms with Crippen LogP contribution in [0.15, 0.2) is 17.0 Å². The standard InChI is InChI=1S/C11H12F3NO3S/c12-8-5-6-9(11(14)10(8)13)19(16,17)15-18-7-3-1-2-4-7/h5-7,15H,1-4H2. The van der Waals surface area contributed by atoms with Crippen LogP contribution in [0.3, 0.4) is 0 Å². The second-order valence-corrected chi connectivity index (χ2v) is 5.90. The summed E-state index contributed by atoms with van der Waals surface area (Å²) in [6.07, 6.45) is 2.96. The van der Waals surface area contributed by atoms with Crippen LogP contribution in [-0.4, -0.2) is 14.5 Å². The maximum absolute atomic E-state index is 13.4. The molecule has 0 radical (unpaired) electrons. The first-order chi connectivity index (χ1) is 8.92. The highest BCUT2D eigenvalue weighted by atomic mass is 32.2. The van der Waals surface area contributed by atoms with Crippen molar-refractivity contribution in [3.05, 3.63) is 29.6 Å². The van der Waals surface area contributed by atoms with Crippen molar-refractivity contribution in [3.8, 4) is 0 Å². The molecule has 1 aromatic rings. The van der Waals surface area contributed by atoms with Gasteiger partial charge < -0.3 is 0 Å². The zero-order chi connectivity index (χ0) is 14.0. The monoisotopic (exact) mass is 295 g/mol. The summed E-state index contributed by atoms with van der Waals surface area (Å²) in [4.78, 5) is 5.69. The second kappa shape index (κ2) is 5.48. The van der Waals surface area contributed by atoms with Gasteiger partial charge in [-0.05, 0) is 25.0 Å². The average molecular weight is 295 g/mol. The molecule has 0 amide bonds. The summed E-state index contributed by atoms with van der Waals surface area (Å²) in [7, 11) is -4.37. The van der Waals surface area contributed by atoms with Gasteiger partial charge in [-0.3, -0.25) is 4.84 Å². The van der Waals surface area contributed by atoms with Gasteiger partial charge in [-0.25, -0.2) is 21.6 Å². The van der Waals surface area contributed by atoms with Crippen molar-refractivity contribution in [2.45, 2.75) is 36.7 Å². The van der Waals surface area contributed by atoms with Crippen LogP contribution in [-0.2, 0) is 14.9 Å². The summed E-state index contributed by atoms with van der Waals surface area (Å²) in [6, 6.07) is 1.19.